The van der Waals surface area contributed by atoms with Crippen LogP contribution in [0.4, 0.5) is 5.69 Å². The van der Waals surface area contributed by atoms with Crippen LogP contribution in [0.1, 0.15) is 20.7 Å². The average molecular weight is 310 g/mol. The van der Waals surface area contributed by atoms with E-state index >= 15 is 0 Å². The van der Waals surface area contributed by atoms with Crippen LogP contribution in [0.5, 0.6) is 0 Å². The van der Waals surface area contributed by atoms with Crippen molar-refractivity contribution in [1.29, 1.82) is 0 Å². The fourth-order valence-corrected chi connectivity index (χ4v) is 2.47. The fraction of sp³-hybridized carbons (Fsp3) is 0.222. The first-order valence-corrected chi connectivity index (χ1v) is 7.57. The standard InChI is InChI=1S/C18H18N2O3/c21-17(19-16-7-2-1-3-8-16)14-5-4-6-15(13-14)18(22)20-9-11-23-12-10-20/h1-8,13H,9-12H2,(H,19,21). The van der Waals surface area contributed by atoms with Crippen LogP contribution >= 0.6 is 0 Å². The first-order valence-electron chi connectivity index (χ1n) is 7.57. The van der Waals surface area contributed by atoms with E-state index in [0.717, 1.165) is 5.69 Å². The molecule has 3 rings (SSSR count). The Morgan fingerprint density at radius 2 is 1.61 bits per heavy atom. The van der Waals surface area contributed by atoms with E-state index < -0.39 is 0 Å². The zero-order valence-electron chi connectivity index (χ0n) is 12.7. The molecule has 0 spiro atoms. The summed E-state index contributed by atoms with van der Waals surface area (Å²) >= 11 is 0. The molecule has 1 N–H and O–H groups in total. The van der Waals surface area contributed by atoms with Gasteiger partial charge in [-0.2, -0.15) is 0 Å². The molecular formula is C18H18N2O3. The van der Waals surface area contributed by atoms with E-state index in [9.17, 15) is 9.59 Å². The Balaban J connectivity index is 1.74. The lowest BCUT2D eigenvalue weighted by Crippen LogP contribution is -2.40. The molecule has 0 aliphatic carbocycles. The van der Waals surface area contributed by atoms with Crippen LogP contribution in [0.2, 0.25) is 0 Å². The second kappa shape index (κ2) is 7.07. The molecule has 1 fully saturated rings. The number of nitrogens with one attached hydrogen (secondary N) is 1. The van der Waals surface area contributed by atoms with Gasteiger partial charge < -0.3 is 15.0 Å². The maximum absolute atomic E-state index is 12.5. The number of rotatable bonds is 3. The highest BCUT2D eigenvalue weighted by Gasteiger charge is 2.19. The maximum atomic E-state index is 12.5. The molecule has 1 heterocycles. The van der Waals surface area contributed by atoms with E-state index in [-0.39, 0.29) is 11.8 Å². The monoisotopic (exact) mass is 310 g/mol. The van der Waals surface area contributed by atoms with Crippen LogP contribution in [0, 0.1) is 0 Å². The first kappa shape index (κ1) is 15.2. The van der Waals surface area contributed by atoms with Gasteiger partial charge in [0.2, 0.25) is 0 Å². The van der Waals surface area contributed by atoms with Crippen LogP contribution in [0.15, 0.2) is 54.6 Å². The van der Waals surface area contributed by atoms with Crippen molar-refractivity contribution >= 4 is 17.5 Å². The number of benzene rings is 2. The topological polar surface area (TPSA) is 58.6 Å². The molecule has 5 heteroatoms. The van der Waals surface area contributed by atoms with Crippen LogP contribution in [-0.2, 0) is 4.74 Å². The SMILES string of the molecule is O=C(Nc1ccccc1)c1cccc(C(=O)N2CCOCC2)c1. The number of carbonyl (C=O) groups is 2. The summed E-state index contributed by atoms with van der Waals surface area (Å²) in [5, 5.41) is 2.82. The molecule has 5 nitrogen and oxygen atoms in total. The van der Waals surface area contributed by atoms with Crippen molar-refractivity contribution in [2.24, 2.45) is 0 Å². The predicted molar refractivity (Wildman–Crippen MR) is 87.6 cm³/mol. The van der Waals surface area contributed by atoms with Gasteiger partial charge in [-0.25, -0.2) is 0 Å². The fourth-order valence-electron chi connectivity index (χ4n) is 2.47. The van der Waals surface area contributed by atoms with Crippen molar-refractivity contribution in [3.8, 4) is 0 Å². The maximum Gasteiger partial charge on any atom is 0.255 e. The Kier molecular flexibility index (Phi) is 4.68. The van der Waals surface area contributed by atoms with Crippen molar-refractivity contribution in [2.45, 2.75) is 0 Å². The Hall–Kier alpha value is -2.66. The van der Waals surface area contributed by atoms with Crippen molar-refractivity contribution in [1.82, 2.24) is 4.90 Å². The van der Waals surface area contributed by atoms with E-state index in [4.69, 9.17) is 4.74 Å². The number of amides is 2. The van der Waals surface area contributed by atoms with Crippen molar-refractivity contribution < 1.29 is 14.3 Å². The molecule has 1 aliphatic heterocycles. The Morgan fingerprint density at radius 1 is 0.913 bits per heavy atom. The molecule has 23 heavy (non-hydrogen) atoms. The molecule has 1 aliphatic rings. The van der Waals surface area contributed by atoms with Crippen LogP contribution in [0.3, 0.4) is 0 Å². The summed E-state index contributed by atoms with van der Waals surface area (Å²) in [5.74, 6) is -0.296. The molecule has 2 aromatic rings. The van der Waals surface area contributed by atoms with E-state index in [0.29, 0.717) is 37.4 Å². The van der Waals surface area contributed by atoms with Gasteiger partial charge in [0.25, 0.3) is 11.8 Å². The Labute approximate surface area is 134 Å². The van der Waals surface area contributed by atoms with Crippen LogP contribution < -0.4 is 5.32 Å². The van der Waals surface area contributed by atoms with Crippen molar-refractivity contribution in [3.05, 3.63) is 65.7 Å². The number of hydrogen-bond donors (Lipinski definition) is 1. The highest BCUT2D eigenvalue weighted by atomic mass is 16.5. The highest BCUT2D eigenvalue weighted by Crippen LogP contribution is 2.13. The summed E-state index contributed by atoms with van der Waals surface area (Å²) in [4.78, 5) is 26.5. The van der Waals surface area contributed by atoms with Crippen LogP contribution in [-0.4, -0.2) is 43.0 Å². The zero-order valence-corrected chi connectivity index (χ0v) is 12.7. The van der Waals surface area contributed by atoms with Gasteiger partial charge in [0.05, 0.1) is 13.2 Å². The van der Waals surface area contributed by atoms with E-state index in [1.54, 1.807) is 29.2 Å². The summed E-state index contributed by atoms with van der Waals surface area (Å²) < 4.78 is 5.26. The minimum atomic E-state index is -0.229. The third-order valence-electron chi connectivity index (χ3n) is 3.70. The van der Waals surface area contributed by atoms with Gasteiger partial charge in [-0.3, -0.25) is 9.59 Å². The zero-order chi connectivity index (χ0) is 16.1. The van der Waals surface area contributed by atoms with Crippen molar-refractivity contribution in [2.75, 3.05) is 31.6 Å². The molecule has 2 aromatic carbocycles. The summed E-state index contributed by atoms with van der Waals surface area (Å²) in [7, 11) is 0. The summed E-state index contributed by atoms with van der Waals surface area (Å²) in [5.41, 5.74) is 1.71. The van der Waals surface area contributed by atoms with Gasteiger partial charge in [0.1, 0.15) is 0 Å². The average Bonchev–Trinajstić information content (AvgIpc) is 2.63. The van der Waals surface area contributed by atoms with Gasteiger partial charge in [-0.15, -0.1) is 0 Å². The number of ether oxygens (including phenoxy) is 1. The Morgan fingerprint density at radius 3 is 2.35 bits per heavy atom. The largest absolute Gasteiger partial charge is 0.378 e. The third kappa shape index (κ3) is 3.76. The first-order chi connectivity index (χ1) is 11.2. The lowest BCUT2D eigenvalue weighted by Gasteiger charge is -2.27. The molecule has 0 saturated carbocycles. The molecule has 118 valence electrons. The molecule has 0 bridgehead atoms. The Bertz CT molecular complexity index is 694. The van der Waals surface area contributed by atoms with E-state index in [2.05, 4.69) is 5.32 Å². The summed E-state index contributed by atoms with van der Waals surface area (Å²) in [6.45, 7) is 2.28. The summed E-state index contributed by atoms with van der Waals surface area (Å²) in [6.07, 6.45) is 0. The molecule has 0 atom stereocenters. The highest BCUT2D eigenvalue weighted by molar-refractivity contribution is 6.06. The quantitative estimate of drug-likeness (QED) is 0.947. The van der Waals surface area contributed by atoms with Gasteiger partial charge in [-0.05, 0) is 30.3 Å². The second-order valence-electron chi connectivity index (χ2n) is 5.31. The molecule has 0 aromatic heterocycles. The van der Waals surface area contributed by atoms with E-state index in [1.165, 1.54) is 0 Å². The van der Waals surface area contributed by atoms with E-state index in [1.807, 2.05) is 30.3 Å². The van der Waals surface area contributed by atoms with Gasteiger partial charge in [0, 0.05) is 29.9 Å². The smallest absolute Gasteiger partial charge is 0.255 e. The normalized spacial score (nSPS) is 14.3. The van der Waals surface area contributed by atoms with Gasteiger partial charge >= 0.3 is 0 Å². The molecule has 2 amide bonds. The van der Waals surface area contributed by atoms with Crippen molar-refractivity contribution in [3.63, 3.8) is 0 Å². The summed E-state index contributed by atoms with van der Waals surface area (Å²) in [6, 6.07) is 16.0. The minimum Gasteiger partial charge on any atom is -0.378 e. The molecule has 0 unspecified atom stereocenters. The van der Waals surface area contributed by atoms with Gasteiger partial charge in [-0.1, -0.05) is 24.3 Å². The van der Waals surface area contributed by atoms with Gasteiger partial charge in [0.15, 0.2) is 0 Å². The third-order valence-corrected chi connectivity index (χ3v) is 3.70. The lowest BCUT2D eigenvalue weighted by molar-refractivity contribution is 0.0303. The molecule has 1 saturated heterocycles. The second-order valence-corrected chi connectivity index (χ2v) is 5.31. The number of para-hydroxylation sites is 1. The predicted octanol–water partition coefficient (Wildman–Crippen LogP) is 2.41. The number of anilines is 1. The minimum absolute atomic E-state index is 0.0670. The number of hydrogen-bond acceptors (Lipinski definition) is 3. The lowest BCUT2D eigenvalue weighted by atomic mass is 10.1. The molecular weight excluding hydrogens is 292 g/mol. The number of nitrogens with zero attached hydrogens (tertiary/aromatic N) is 1. The number of morpholine rings is 1. The molecule has 0 radical (unpaired) electrons. The number of carbonyl (C=O) groups excluding carboxylic acids is 2. The van der Waals surface area contributed by atoms with Crippen LogP contribution in [0.25, 0.3) is 0 Å².